The highest BCUT2D eigenvalue weighted by atomic mass is 32.1. The van der Waals surface area contributed by atoms with Gasteiger partial charge in [0.15, 0.2) is 0 Å². The quantitative estimate of drug-likeness (QED) is 0.482. The van der Waals surface area contributed by atoms with E-state index >= 15 is 0 Å². The first-order valence-corrected chi connectivity index (χ1v) is 9.45. The zero-order valence-corrected chi connectivity index (χ0v) is 15.5. The summed E-state index contributed by atoms with van der Waals surface area (Å²) in [4.78, 5) is 5.69. The zero-order chi connectivity index (χ0) is 18.1. The number of hydrogen-bond donors (Lipinski definition) is 2. The largest absolute Gasteiger partial charge is 0.505 e. The molecule has 130 valence electrons. The van der Waals surface area contributed by atoms with E-state index in [0.717, 1.165) is 27.2 Å². The number of aromatic nitrogens is 1. The van der Waals surface area contributed by atoms with Crippen molar-refractivity contribution in [3.05, 3.63) is 87.7 Å². The smallest absolute Gasteiger partial charge is 0.147 e. The predicted octanol–water partition coefficient (Wildman–Crippen LogP) is 5.82. The summed E-state index contributed by atoms with van der Waals surface area (Å²) in [6.45, 7) is 4.01. The first-order chi connectivity index (χ1) is 12.6. The summed E-state index contributed by atoms with van der Waals surface area (Å²) in [6.07, 6.45) is 0. The summed E-state index contributed by atoms with van der Waals surface area (Å²) in [7, 11) is 0. The Morgan fingerprint density at radius 3 is 2.46 bits per heavy atom. The molecule has 0 spiro atoms. The number of phenols is 1. The fraction of sp³-hybridized carbons (Fsp3) is 0.136. The van der Waals surface area contributed by atoms with Crippen LogP contribution in [0.1, 0.15) is 27.7 Å². The van der Waals surface area contributed by atoms with Gasteiger partial charge in [0.2, 0.25) is 0 Å². The summed E-state index contributed by atoms with van der Waals surface area (Å²) >= 11 is 1.67. The van der Waals surface area contributed by atoms with Crippen LogP contribution in [0.25, 0.3) is 10.9 Å². The molecule has 26 heavy (non-hydrogen) atoms. The van der Waals surface area contributed by atoms with E-state index < -0.39 is 0 Å². The molecule has 0 aliphatic rings. The molecular weight excluding hydrogens is 340 g/mol. The highest BCUT2D eigenvalue weighted by Crippen LogP contribution is 2.38. The average molecular weight is 360 g/mol. The summed E-state index contributed by atoms with van der Waals surface area (Å²) in [5.74, 6) is 0.240. The van der Waals surface area contributed by atoms with Crippen molar-refractivity contribution in [1.29, 1.82) is 0 Å². The molecule has 0 aliphatic heterocycles. The molecule has 0 aliphatic carbocycles. The number of nitrogens with zero attached hydrogens (tertiary/aromatic N) is 1. The van der Waals surface area contributed by atoms with Gasteiger partial charge < -0.3 is 10.4 Å². The first kappa shape index (κ1) is 16.6. The van der Waals surface area contributed by atoms with Crippen LogP contribution in [0.15, 0.2) is 66.0 Å². The number of anilines is 1. The van der Waals surface area contributed by atoms with Gasteiger partial charge in [-0.05, 0) is 43.5 Å². The van der Waals surface area contributed by atoms with Crippen LogP contribution < -0.4 is 5.32 Å². The van der Waals surface area contributed by atoms with Gasteiger partial charge in [-0.2, -0.15) is 0 Å². The molecular formula is C22H20N2OS. The van der Waals surface area contributed by atoms with E-state index in [-0.39, 0.29) is 11.8 Å². The Hall–Kier alpha value is -2.85. The minimum absolute atomic E-state index is 0.135. The molecule has 0 saturated carbocycles. The Morgan fingerprint density at radius 1 is 0.962 bits per heavy atom. The van der Waals surface area contributed by atoms with Crippen molar-refractivity contribution in [2.45, 2.75) is 19.9 Å². The van der Waals surface area contributed by atoms with Gasteiger partial charge in [-0.1, -0.05) is 42.0 Å². The number of thiophene rings is 1. The molecule has 1 unspecified atom stereocenters. The molecule has 0 fully saturated rings. The predicted molar refractivity (Wildman–Crippen MR) is 109 cm³/mol. The fourth-order valence-electron chi connectivity index (χ4n) is 3.09. The highest BCUT2D eigenvalue weighted by molar-refractivity contribution is 7.10. The Balaban J connectivity index is 1.82. The number of aromatic hydroxyl groups is 1. The molecule has 2 aromatic carbocycles. The van der Waals surface area contributed by atoms with Gasteiger partial charge in [0.25, 0.3) is 0 Å². The topological polar surface area (TPSA) is 45.2 Å². The molecule has 2 aromatic heterocycles. The summed E-state index contributed by atoms with van der Waals surface area (Å²) in [5.41, 5.74) is 4.61. The van der Waals surface area contributed by atoms with E-state index in [9.17, 15) is 5.11 Å². The lowest BCUT2D eigenvalue weighted by Gasteiger charge is -2.21. The molecule has 0 radical (unpaired) electrons. The van der Waals surface area contributed by atoms with E-state index in [0.29, 0.717) is 5.52 Å². The van der Waals surface area contributed by atoms with Gasteiger partial charge in [0.1, 0.15) is 11.3 Å². The van der Waals surface area contributed by atoms with Gasteiger partial charge in [-0.3, -0.25) is 0 Å². The van der Waals surface area contributed by atoms with Crippen LogP contribution in [0.5, 0.6) is 5.75 Å². The Bertz CT molecular complexity index is 1040. The number of nitrogens with one attached hydrogen (secondary N) is 1. The average Bonchev–Trinajstić information content (AvgIpc) is 3.17. The summed E-state index contributed by atoms with van der Waals surface area (Å²) < 4.78 is 0. The third kappa shape index (κ3) is 3.16. The zero-order valence-electron chi connectivity index (χ0n) is 14.7. The molecule has 2 N–H and O–H groups in total. The van der Waals surface area contributed by atoms with E-state index in [1.54, 1.807) is 11.3 Å². The van der Waals surface area contributed by atoms with Crippen molar-refractivity contribution in [2.24, 2.45) is 0 Å². The number of hydrogen-bond acceptors (Lipinski definition) is 4. The molecule has 4 heteroatoms. The van der Waals surface area contributed by atoms with E-state index in [2.05, 4.69) is 52.9 Å². The number of pyridine rings is 1. The second-order valence-corrected chi connectivity index (χ2v) is 7.47. The second kappa shape index (κ2) is 6.81. The van der Waals surface area contributed by atoms with Crippen LogP contribution in [-0.2, 0) is 0 Å². The van der Waals surface area contributed by atoms with Gasteiger partial charge in [0, 0.05) is 27.2 Å². The van der Waals surface area contributed by atoms with Crippen LogP contribution in [0.3, 0.4) is 0 Å². The lowest BCUT2D eigenvalue weighted by Crippen LogP contribution is -2.11. The van der Waals surface area contributed by atoms with Crippen LogP contribution in [0, 0.1) is 13.8 Å². The SMILES string of the molecule is Cc1ccc(NC(c2cccs2)c2ccc3ccc(C)nc3c2O)cc1. The van der Waals surface area contributed by atoms with Crippen LogP contribution in [-0.4, -0.2) is 10.1 Å². The Kier molecular flexibility index (Phi) is 4.35. The maximum atomic E-state index is 11.0. The first-order valence-electron chi connectivity index (χ1n) is 8.57. The van der Waals surface area contributed by atoms with Crippen molar-refractivity contribution in [3.8, 4) is 5.75 Å². The van der Waals surface area contributed by atoms with E-state index in [4.69, 9.17) is 0 Å². The van der Waals surface area contributed by atoms with E-state index in [1.807, 2.05) is 37.3 Å². The second-order valence-electron chi connectivity index (χ2n) is 6.49. The van der Waals surface area contributed by atoms with Crippen molar-refractivity contribution >= 4 is 27.9 Å². The Morgan fingerprint density at radius 2 is 1.73 bits per heavy atom. The molecule has 2 heterocycles. The maximum Gasteiger partial charge on any atom is 0.147 e. The Labute approximate surface area is 157 Å². The van der Waals surface area contributed by atoms with Crippen LogP contribution in [0.2, 0.25) is 0 Å². The van der Waals surface area contributed by atoms with Crippen molar-refractivity contribution < 1.29 is 5.11 Å². The molecule has 1 atom stereocenters. The third-order valence-corrected chi connectivity index (χ3v) is 5.44. The summed E-state index contributed by atoms with van der Waals surface area (Å²) in [6, 6.07) is 20.2. The van der Waals surface area contributed by atoms with Crippen molar-refractivity contribution in [3.63, 3.8) is 0 Å². The van der Waals surface area contributed by atoms with Crippen molar-refractivity contribution in [2.75, 3.05) is 5.32 Å². The van der Waals surface area contributed by atoms with Gasteiger partial charge in [-0.25, -0.2) is 4.98 Å². The lowest BCUT2D eigenvalue weighted by atomic mass is 10.0. The number of aryl methyl sites for hydroxylation is 2. The normalized spacial score (nSPS) is 12.2. The highest BCUT2D eigenvalue weighted by Gasteiger charge is 2.21. The molecule has 4 rings (SSSR count). The van der Waals surface area contributed by atoms with Gasteiger partial charge in [0.05, 0.1) is 6.04 Å². The number of fused-ring (bicyclic) bond motifs is 1. The van der Waals surface area contributed by atoms with Gasteiger partial charge >= 0.3 is 0 Å². The maximum absolute atomic E-state index is 11.0. The molecule has 0 saturated heterocycles. The molecule has 0 bridgehead atoms. The van der Waals surface area contributed by atoms with Crippen molar-refractivity contribution in [1.82, 2.24) is 4.98 Å². The van der Waals surface area contributed by atoms with Crippen LogP contribution >= 0.6 is 11.3 Å². The van der Waals surface area contributed by atoms with Gasteiger partial charge in [-0.15, -0.1) is 11.3 Å². The number of rotatable bonds is 4. The number of phenolic OH excluding ortho intramolecular Hbond substituents is 1. The molecule has 3 nitrogen and oxygen atoms in total. The standard InChI is InChI=1S/C22H20N2OS/c1-14-5-10-17(11-6-14)24-21(19-4-3-13-26-19)18-12-9-16-8-7-15(2)23-20(16)22(18)25/h3-13,21,24-25H,1-2H3. The monoisotopic (exact) mass is 360 g/mol. The lowest BCUT2D eigenvalue weighted by molar-refractivity contribution is 0.472. The molecule has 0 amide bonds. The minimum Gasteiger partial charge on any atom is -0.505 e. The fourth-order valence-corrected chi connectivity index (χ4v) is 3.89. The van der Waals surface area contributed by atoms with E-state index in [1.165, 1.54) is 5.56 Å². The third-order valence-electron chi connectivity index (χ3n) is 4.51. The number of benzene rings is 2. The summed E-state index contributed by atoms with van der Waals surface area (Å²) in [5, 5.41) is 17.5. The minimum atomic E-state index is -0.135. The van der Waals surface area contributed by atoms with Crippen LogP contribution in [0.4, 0.5) is 5.69 Å². The molecule has 4 aromatic rings.